The SMILES string of the molecule is CC(=O)C(=Cc1c(-c2ccccc2)nn2ccccc12)C(C)=O. The Balaban J connectivity index is 2.32. The Hall–Kier alpha value is -3.01. The van der Waals surface area contributed by atoms with Crippen LogP contribution < -0.4 is 0 Å². The molecule has 0 saturated carbocycles. The maximum atomic E-state index is 11.8. The zero-order chi connectivity index (χ0) is 16.4. The van der Waals surface area contributed by atoms with E-state index in [-0.39, 0.29) is 17.1 Å². The summed E-state index contributed by atoms with van der Waals surface area (Å²) in [7, 11) is 0. The van der Waals surface area contributed by atoms with Crippen molar-refractivity contribution in [2.24, 2.45) is 0 Å². The van der Waals surface area contributed by atoms with Crippen molar-refractivity contribution in [2.75, 3.05) is 0 Å². The number of hydrogen-bond acceptors (Lipinski definition) is 3. The average molecular weight is 304 g/mol. The van der Waals surface area contributed by atoms with Crippen molar-refractivity contribution in [1.29, 1.82) is 0 Å². The zero-order valence-corrected chi connectivity index (χ0v) is 13.0. The van der Waals surface area contributed by atoms with Gasteiger partial charge in [0.15, 0.2) is 11.6 Å². The first-order chi connectivity index (χ1) is 11.1. The van der Waals surface area contributed by atoms with Gasteiger partial charge in [0.25, 0.3) is 0 Å². The van der Waals surface area contributed by atoms with E-state index in [1.807, 2.05) is 54.7 Å². The maximum absolute atomic E-state index is 11.8. The molecule has 0 atom stereocenters. The molecule has 0 radical (unpaired) electrons. The Morgan fingerprint density at radius 1 is 0.957 bits per heavy atom. The van der Waals surface area contributed by atoms with Crippen LogP contribution in [0, 0.1) is 0 Å². The van der Waals surface area contributed by atoms with Gasteiger partial charge in [-0.25, -0.2) is 4.52 Å². The van der Waals surface area contributed by atoms with E-state index in [4.69, 9.17) is 0 Å². The number of nitrogens with zero attached hydrogens (tertiary/aromatic N) is 2. The third-order valence-electron chi connectivity index (χ3n) is 3.67. The van der Waals surface area contributed by atoms with Crippen molar-refractivity contribution in [3.8, 4) is 11.3 Å². The molecule has 114 valence electrons. The smallest absolute Gasteiger partial charge is 0.163 e. The molecule has 3 aromatic rings. The van der Waals surface area contributed by atoms with E-state index < -0.39 is 0 Å². The molecule has 0 aliphatic heterocycles. The van der Waals surface area contributed by atoms with Crippen LogP contribution in [-0.2, 0) is 9.59 Å². The Bertz CT molecular complexity index is 905. The number of allylic oxidation sites excluding steroid dienone is 1. The van der Waals surface area contributed by atoms with Crippen molar-refractivity contribution >= 4 is 23.2 Å². The molecule has 4 nitrogen and oxygen atoms in total. The van der Waals surface area contributed by atoms with Gasteiger partial charge in [-0.2, -0.15) is 5.10 Å². The molecule has 0 aliphatic carbocycles. The number of pyridine rings is 1. The van der Waals surface area contributed by atoms with Crippen molar-refractivity contribution in [3.05, 3.63) is 65.9 Å². The van der Waals surface area contributed by atoms with Gasteiger partial charge in [-0.15, -0.1) is 0 Å². The highest BCUT2D eigenvalue weighted by Crippen LogP contribution is 2.28. The monoisotopic (exact) mass is 304 g/mol. The van der Waals surface area contributed by atoms with Crippen molar-refractivity contribution < 1.29 is 9.59 Å². The summed E-state index contributed by atoms with van der Waals surface area (Å²) in [5.74, 6) is -0.487. The lowest BCUT2D eigenvalue weighted by Gasteiger charge is -2.01. The van der Waals surface area contributed by atoms with Crippen molar-refractivity contribution in [3.63, 3.8) is 0 Å². The molecule has 4 heteroatoms. The number of aromatic nitrogens is 2. The topological polar surface area (TPSA) is 51.4 Å². The summed E-state index contributed by atoms with van der Waals surface area (Å²) in [4.78, 5) is 23.6. The van der Waals surface area contributed by atoms with Crippen LogP contribution in [0.4, 0.5) is 0 Å². The second kappa shape index (κ2) is 6.01. The molecular weight excluding hydrogens is 288 g/mol. The van der Waals surface area contributed by atoms with E-state index >= 15 is 0 Å². The van der Waals surface area contributed by atoms with Crippen LogP contribution >= 0.6 is 0 Å². The van der Waals surface area contributed by atoms with Gasteiger partial charge in [-0.1, -0.05) is 36.4 Å². The normalized spacial score (nSPS) is 10.5. The number of fused-ring (bicyclic) bond motifs is 1. The molecule has 0 spiro atoms. The van der Waals surface area contributed by atoms with Crippen LogP contribution in [0.25, 0.3) is 22.9 Å². The number of Topliss-reactive ketones (excluding diaryl/α,β-unsaturated/α-hetero) is 2. The van der Waals surface area contributed by atoms with Crippen molar-refractivity contribution in [2.45, 2.75) is 13.8 Å². The van der Waals surface area contributed by atoms with Gasteiger partial charge < -0.3 is 0 Å². The standard InChI is InChI=1S/C19H16N2O2/c1-13(22)16(14(2)23)12-17-18-10-6-7-11-21(18)20-19(17)15-8-4-3-5-9-15/h3-12H,1-2H3. The largest absolute Gasteiger partial charge is 0.294 e. The first-order valence-electron chi connectivity index (χ1n) is 7.34. The van der Waals surface area contributed by atoms with Gasteiger partial charge in [-0.3, -0.25) is 9.59 Å². The first kappa shape index (κ1) is 14.9. The molecule has 0 N–H and O–H groups in total. The van der Waals surface area contributed by atoms with Crippen LogP contribution in [0.5, 0.6) is 0 Å². The lowest BCUT2D eigenvalue weighted by molar-refractivity contribution is -0.119. The fraction of sp³-hybridized carbons (Fsp3) is 0.105. The molecule has 2 aromatic heterocycles. The molecule has 0 aliphatic rings. The van der Waals surface area contributed by atoms with Crippen LogP contribution in [0.1, 0.15) is 19.4 Å². The summed E-state index contributed by atoms with van der Waals surface area (Å²) < 4.78 is 1.76. The molecule has 0 unspecified atom stereocenters. The maximum Gasteiger partial charge on any atom is 0.163 e. The van der Waals surface area contributed by atoms with E-state index in [0.29, 0.717) is 0 Å². The van der Waals surface area contributed by atoms with Gasteiger partial charge in [0.1, 0.15) is 5.69 Å². The number of ketones is 2. The minimum atomic E-state index is -0.244. The molecule has 0 fully saturated rings. The van der Waals surface area contributed by atoms with E-state index in [1.54, 1.807) is 10.6 Å². The van der Waals surface area contributed by atoms with E-state index in [1.165, 1.54) is 13.8 Å². The van der Waals surface area contributed by atoms with Crippen LogP contribution in [-0.4, -0.2) is 21.2 Å². The molecule has 23 heavy (non-hydrogen) atoms. The lowest BCUT2D eigenvalue weighted by Crippen LogP contribution is -2.05. The highest BCUT2D eigenvalue weighted by molar-refractivity contribution is 6.22. The zero-order valence-electron chi connectivity index (χ0n) is 13.0. The minimum Gasteiger partial charge on any atom is -0.294 e. The summed E-state index contributed by atoms with van der Waals surface area (Å²) in [6, 6.07) is 15.4. The third kappa shape index (κ3) is 2.83. The predicted molar refractivity (Wildman–Crippen MR) is 90.0 cm³/mol. The summed E-state index contributed by atoms with van der Waals surface area (Å²) in [5.41, 5.74) is 3.50. The van der Waals surface area contributed by atoms with Crippen LogP contribution in [0.3, 0.4) is 0 Å². The highest BCUT2D eigenvalue weighted by atomic mass is 16.1. The molecule has 3 rings (SSSR count). The Labute approximate surface area is 134 Å². The number of carbonyl (C=O) groups is 2. The molecule has 0 saturated heterocycles. The summed E-state index contributed by atoms with van der Waals surface area (Å²) in [5, 5.41) is 4.60. The fourth-order valence-corrected chi connectivity index (χ4v) is 2.56. The van der Waals surface area contributed by atoms with E-state index in [2.05, 4.69) is 5.10 Å². The number of carbonyl (C=O) groups excluding carboxylic acids is 2. The molecule has 0 amide bonds. The molecule has 1 aromatic carbocycles. The lowest BCUT2D eigenvalue weighted by atomic mass is 10.0. The van der Waals surface area contributed by atoms with Crippen LogP contribution in [0.15, 0.2) is 60.3 Å². The summed E-state index contributed by atoms with van der Waals surface area (Å²) >= 11 is 0. The average Bonchev–Trinajstić information content (AvgIpc) is 2.91. The second-order valence-corrected chi connectivity index (χ2v) is 5.33. The summed E-state index contributed by atoms with van der Waals surface area (Å²) in [6.07, 6.45) is 3.50. The predicted octanol–water partition coefficient (Wildman–Crippen LogP) is 3.56. The van der Waals surface area contributed by atoms with Gasteiger partial charge in [-0.05, 0) is 32.1 Å². The van der Waals surface area contributed by atoms with Gasteiger partial charge in [0.05, 0.1) is 11.1 Å². The number of hydrogen-bond donors (Lipinski definition) is 0. The van der Waals surface area contributed by atoms with Crippen molar-refractivity contribution in [1.82, 2.24) is 9.61 Å². The minimum absolute atomic E-state index is 0.181. The highest BCUT2D eigenvalue weighted by Gasteiger charge is 2.16. The molecule has 2 heterocycles. The van der Waals surface area contributed by atoms with E-state index in [9.17, 15) is 9.59 Å². The number of rotatable bonds is 4. The first-order valence-corrected chi connectivity index (χ1v) is 7.34. The second-order valence-electron chi connectivity index (χ2n) is 5.33. The number of benzene rings is 1. The molecule has 0 bridgehead atoms. The Morgan fingerprint density at radius 2 is 1.61 bits per heavy atom. The Kier molecular flexibility index (Phi) is 3.89. The van der Waals surface area contributed by atoms with Gasteiger partial charge in [0, 0.05) is 17.3 Å². The fourth-order valence-electron chi connectivity index (χ4n) is 2.56. The quantitative estimate of drug-likeness (QED) is 0.421. The van der Waals surface area contributed by atoms with Gasteiger partial charge in [0.2, 0.25) is 0 Å². The summed E-state index contributed by atoms with van der Waals surface area (Å²) in [6.45, 7) is 2.81. The molecular formula is C19H16N2O2. The van der Waals surface area contributed by atoms with Crippen LogP contribution in [0.2, 0.25) is 0 Å². The van der Waals surface area contributed by atoms with Gasteiger partial charge >= 0.3 is 0 Å². The Morgan fingerprint density at radius 3 is 2.26 bits per heavy atom. The van der Waals surface area contributed by atoms with E-state index in [0.717, 1.165) is 22.3 Å². The third-order valence-corrected chi connectivity index (χ3v) is 3.67.